The first kappa shape index (κ1) is 17.7. The van der Waals surface area contributed by atoms with Gasteiger partial charge in [0, 0.05) is 12.6 Å². The molecule has 0 radical (unpaired) electrons. The van der Waals surface area contributed by atoms with E-state index in [2.05, 4.69) is 10.3 Å². The largest absolute Gasteiger partial charge is 0.454 e. The lowest BCUT2D eigenvalue weighted by Gasteiger charge is -2.06. The second-order valence-corrected chi connectivity index (χ2v) is 7.98. The minimum atomic E-state index is -0.313. The highest BCUT2D eigenvalue weighted by Gasteiger charge is 2.16. The van der Waals surface area contributed by atoms with Crippen LogP contribution in [0.2, 0.25) is 0 Å². The first-order valence-electron chi connectivity index (χ1n) is 9.10. The van der Waals surface area contributed by atoms with Crippen LogP contribution in [0.1, 0.15) is 26.4 Å². The second-order valence-electron chi connectivity index (χ2n) is 6.97. The Morgan fingerprint density at radius 2 is 1.93 bits per heavy atom. The highest BCUT2D eigenvalue weighted by Crippen LogP contribution is 2.32. The average Bonchev–Trinajstić information content (AvgIpc) is 3.30. The quantitative estimate of drug-likeness (QED) is 0.564. The standard InChI is InChI=1S/C21H17N3O4S/c1-11-5-14-15(6-12(11)2)24-19(25)8-18(29-21(24)23-14)20(26)22-9-13-3-4-16-17(7-13)28-10-27-16/h3-8H,9-10H2,1-2H3,(H,22,26). The molecule has 4 aromatic rings. The molecule has 0 aliphatic carbocycles. The number of amides is 1. The molecule has 1 N–H and O–H groups in total. The van der Waals surface area contributed by atoms with E-state index in [1.54, 1.807) is 4.40 Å². The Morgan fingerprint density at radius 3 is 2.79 bits per heavy atom. The van der Waals surface area contributed by atoms with Gasteiger partial charge in [0.25, 0.3) is 11.5 Å². The molecular weight excluding hydrogens is 390 g/mol. The van der Waals surface area contributed by atoms with Crippen molar-refractivity contribution in [2.45, 2.75) is 20.4 Å². The average molecular weight is 407 g/mol. The lowest BCUT2D eigenvalue weighted by molar-refractivity contribution is 0.0954. The number of nitrogens with one attached hydrogen (secondary N) is 1. The molecule has 1 aliphatic rings. The van der Waals surface area contributed by atoms with E-state index < -0.39 is 0 Å². The molecule has 0 atom stereocenters. The number of fused-ring (bicyclic) bond motifs is 4. The van der Waals surface area contributed by atoms with Crippen LogP contribution in [-0.2, 0) is 6.54 Å². The van der Waals surface area contributed by atoms with Gasteiger partial charge in [-0.25, -0.2) is 4.98 Å². The number of aromatic nitrogens is 2. The van der Waals surface area contributed by atoms with Gasteiger partial charge < -0.3 is 14.8 Å². The second kappa shape index (κ2) is 6.59. The summed E-state index contributed by atoms with van der Waals surface area (Å²) in [5.41, 5.74) is 4.33. The summed E-state index contributed by atoms with van der Waals surface area (Å²) in [6, 6.07) is 10.8. The fourth-order valence-corrected chi connectivity index (χ4v) is 4.27. The zero-order valence-electron chi connectivity index (χ0n) is 15.8. The summed E-state index contributed by atoms with van der Waals surface area (Å²) in [6.07, 6.45) is 0. The fraction of sp³-hybridized carbons (Fsp3) is 0.190. The first-order valence-corrected chi connectivity index (χ1v) is 9.91. The summed E-state index contributed by atoms with van der Waals surface area (Å²) < 4.78 is 12.2. The van der Waals surface area contributed by atoms with Crippen molar-refractivity contribution >= 4 is 33.2 Å². The van der Waals surface area contributed by atoms with E-state index in [1.807, 2.05) is 44.2 Å². The Kier molecular flexibility index (Phi) is 4.02. The van der Waals surface area contributed by atoms with Gasteiger partial charge in [-0.05, 0) is 54.8 Å². The third-order valence-corrected chi connectivity index (χ3v) is 6.01. The van der Waals surface area contributed by atoms with E-state index in [9.17, 15) is 9.59 Å². The van der Waals surface area contributed by atoms with Crippen LogP contribution in [0.5, 0.6) is 11.5 Å². The van der Waals surface area contributed by atoms with E-state index in [-0.39, 0.29) is 18.3 Å². The maximum Gasteiger partial charge on any atom is 0.261 e. The van der Waals surface area contributed by atoms with Gasteiger partial charge in [0.1, 0.15) is 4.88 Å². The summed E-state index contributed by atoms with van der Waals surface area (Å²) in [4.78, 5) is 30.7. The summed E-state index contributed by atoms with van der Waals surface area (Å²) >= 11 is 1.20. The van der Waals surface area contributed by atoms with E-state index >= 15 is 0 Å². The summed E-state index contributed by atoms with van der Waals surface area (Å²) in [6.45, 7) is 4.53. The Hall–Kier alpha value is -3.39. The van der Waals surface area contributed by atoms with Crippen LogP contribution in [0.25, 0.3) is 16.0 Å². The molecule has 3 heterocycles. The van der Waals surface area contributed by atoms with Gasteiger partial charge >= 0.3 is 0 Å². The number of aryl methyl sites for hydroxylation is 2. The molecule has 2 aromatic heterocycles. The Balaban J connectivity index is 1.44. The SMILES string of the molecule is Cc1cc2nc3sc(C(=O)NCc4ccc5c(c4)OCO5)cc(=O)n3c2cc1C. The molecular formula is C21H17N3O4S. The van der Waals surface area contributed by atoms with Crippen molar-refractivity contribution in [1.29, 1.82) is 0 Å². The van der Waals surface area contributed by atoms with Crippen LogP contribution in [0.15, 0.2) is 41.2 Å². The number of benzene rings is 2. The number of rotatable bonds is 3. The maximum atomic E-state index is 12.7. The highest BCUT2D eigenvalue weighted by molar-refractivity contribution is 7.18. The third-order valence-electron chi connectivity index (χ3n) is 5.03. The Morgan fingerprint density at radius 1 is 1.14 bits per heavy atom. The maximum absolute atomic E-state index is 12.7. The summed E-state index contributed by atoms with van der Waals surface area (Å²) in [7, 11) is 0. The Bertz CT molecular complexity index is 1360. The van der Waals surface area contributed by atoms with Gasteiger partial charge in [-0.15, -0.1) is 0 Å². The van der Waals surface area contributed by atoms with Crippen LogP contribution < -0.4 is 20.3 Å². The van der Waals surface area contributed by atoms with E-state index in [4.69, 9.17) is 9.47 Å². The van der Waals surface area contributed by atoms with E-state index in [0.29, 0.717) is 27.9 Å². The van der Waals surface area contributed by atoms with Crippen molar-refractivity contribution < 1.29 is 14.3 Å². The number of hydrogen-bond acceptors (Lipinski definition) is 6. The lowest BCUT2D eigenvalue weighted by Crippen LogP contribution is -2.24. The van der Waals surface area contributed by atoms with Crippen LogP contribution >= 0.6 is 11.3 Å². The van der Waals surface area contributed by atoms with Gasteiger partial charge in [-0.3, -0.25) is 14.0 Å². The number of nitrogens with zero attached hydrogens (tertiary/aromatic N) is 2. The molecule has 146 valence electrons. The van der Waals surface area contributed by atoms with Crippen molar-refractivity contribution in [3.8, 4) is 11.5 Å². The number of ether oxygens (including phenoxy) is 2. The minimum Gasteiger partial charge on any atom is -0.454 e. The van der Waals surface area contributed by atoms with Crippen molar-refractivity contribution in [3.63, 3.8) is 0 Å². The summed E-state index contributed by atoms with van der Waals surface area (Å²) in [5, 5.41) is 2.85. The molecule has 5 rings (SSSR count). The van der Waals surface area contributed by atoms with Crippen LogP contribution in [0.3, 0.4) is 0 Å². The third kappa shape index (κ3) is 3.01. The molecule has 0 bridgehead atoms. The van der Waals surface area contributed by atoms with Crippen molar-refractivity contribution in [1.82, 2.24) is 14.7 Å². The normalized spacial score (nSPS) is 12.6. The zero-order valence-corrected chi connectivity index (χ0v) is 16.6. The predicted molar refractivity (Wildman–Crippen MR) is 110 cm³/mol. The highest BCUT2D eigenvalue weighted by atomic mass is 32.1. The number of carbonyl (C=O) groups excluding carboxylic acids is 1. The molecule has 0 unspecified atom stereocenters. The van der Waals surface area contributed by atoms with E-state index in [1.165, 1.54) is 17.4 Å². The lowest BCUT2D eigenvalue weighted by atomic mass is 10.1. The number of hydrogen-bond donors (Lipinski definition) is 1. The molecule has 8 heteroatoms. The van der Waals surface area contributed by atoms with Crippen LogP contribution in [0, 0.1) is 13.8 Å². The van der Waals surface area contributed by atoms with Crippen molar-refractivity contribution in [3.05, 3.63) is 68.3 Å². The molecule has 0 saturated carbocycles. The van der Waals surface area contributed by atoms with Gasteiger partial charge in [0.2, 0.25) is 6.79 Å². The monoisotopic (exact) mass is 407 g/mol. The molecule has 7 nitrogen and oxygen atoms in total. The van der Waals surface area contributed by atoms with Crippen LogP contribution in [-0.4, -0.2) is 22.1 Å². The molecule has 29 heavy (non-hydrogen) atoms. The molecule has 0 spiro atoms. The molecule has 2 aromatic carbocycles. The van der Waals surface area contributed by atoms with Gasteiger partial charge in [0.05, 0.1) is 11.0 Å². The molecule has 1 amide bonds. The molecule has 0 saturated heterocycles. The smallest absolute Gasteiger partial charge is 0.261 e. The summed E-state index contributed by atoms with van der Waals surface area (Å²) in [5.74, 6) is 1.05. The van der Waals surface area contributed by atoms with Gasteiger partial charge in [-0.1, -0.05) is 17.4 Å². The molecule has 0 fully saturated rings. The van der Waals surface area contributed by atoms with Gasteiger partial charge in [0.15, 0.2) is 16.5 Å². The zero-order chi connectivity index (χ0) is 20.1. The van der Waals surface area contributed by atoms with Crippen molar-refractivity contribution in [2.75, 3.05) is 6.79 Å². The van der Waals surface area contributed by atoms with Gasteiger partial charge in [-0.2, -0.15) is 0 Å². The topological polar surface area (TPSA) is 81.9 Å². The van der Waals surface area contributed by atoms with E-state index in [0.717, 1.165) is 27.7 Å². The first-order chi connectivity index (χ1) is 14.0. The predicted octanol–water partition coefficient (Wildman–Crippen LogP) is 3.18. The number of carbonyl (C=O) groups is 1. The minimum absolute atomic E-state index is 0.205. The number of imidazole rings is 1. The van der Waals surface area contributed by atoms with Crippen LogP contribution in [0.4, 0.5) is 0 Å². The fourth-order valence-electron chi connectivity index (χ4n) is 3.33. The van der Waals surface area contributed by atoms with Crippen molar-refractivity contribution in [2.24, 2.45) is 0 Å². The Labute approximate surface area is 169 Å². The molecule has 1 aliphatic heterocycles.